The van der Waals surface area contributed by atoms with Crippen LogP contribution in [0.3, 0.4) is 0 Å². The Morgan fingerprint density at radius 2 is 2.05 bits per heavy atom. The van der Waals surface area contributed by atoms with Gasteiger partial charge in [0.2, 0.25) is 0 Å². The van der Waals surface area contributed by atoms with Crippen LogP contribution in [-0.4, -0.2) is 18.5 Å². The molecule has 2 rings (SSSR count). The summed E-state index contributed by atoms with van der Waals surface area (Å²) >= 11 is 0. The van der Waals surface area contributed by atoms with Crippen molar-refractivity contribution in [3.63, 3.8) is 0 Å². The predicted molar refractivity (Wildman–Crippen MR) is 78.9 cm³/mol. The molecule has 2 heteroatoms. The van der Waals surface area contributed by atoms with Gasteiger partial charge >= 0.3 is 0 Å². The molecular weight excluding hydrogens is 236 g/mol. The first-order chi connectivity index (χ1) is 8.74. The number of hydrogen-bond donors (Lipinski definition) is 0. The van der Waals surface area contributed by atoms with Gasteiger partial charge in [-0.3, -0.25) is 0 Å². The molecule has 1 heterocycles. The van der Waals surface area contributed by atoms with Gasteiger partial charge in [0, 0.05) is 5.92 Å². The quantitative estimate of drug-likeness (QED) is 0.685. The highest BCUT2D eigenvalue weighted by atomic mass is 16.7. The summed E-state index contributed by atoms with van der Waals surface area (Å²) in [7, 11) is 0. The smallest absolute Gasteiger partial charge is 0.188 e. The first-order valence-electron chi connectivity index (χ1n) is 7.42. The van der Waals surface area contributed by atoms with Gasteiger partial charge in [-0.25, -0.2) is 0 Å². The summed E-state index contributed by atoms with van der Waals surface area (Å²) in [6.45, 7) is 13.9. The molecule has 0 aromatic heterocycles. The first kappa shape index (κ1) is 14.8. The maximum atomic E-state index is 5.95. The molecule has 19 heavy (non-hydrogen) atoms. The van der Waals surface area contributed by atoms with Gasteiger partial charge in [0.15, 0.2) is 5.79 Å². The van der Waals surface area contributed by atoms with E-state index >= 15 is 0 Å². The van der Waals surface area contributed by atoms with Gasteiger partial charge in [-0.2, -0.15) is 0 Å². The zero-order valence-corrected chi connectivity index (χ0v) is 13.2. The lowest BCUT2D eigenvalue weighted by Gasteiger charge is -2.38. The molecule has 3 unspecified atom stereocenters. The fraction of sp³-hybridized carbons (Fsp3) is 0.765. The zero-order chi connectivity index (χ0) is 14.3. The summed E-state index contributed by atoms with van der Waals surface area (Å²) in [6.07, 6.45) is 7.37. The SMILES string of the molecule is CC1=CCCC(C)(C)C1C=C(C)C1(C)OCC(C)O1. The van der Waals surface area contributed by atoms with Gasteiger partial charge in [-0.15, -0.1) is 0 Å². The second-order valence-corrected chi connectivity index (χ2v) is 6.99. The van der Waals surface area contributed by atoms with E-state index in [0.717, 1.165) is 0 Å². The van der Waals surface area contributed by atoms with Crippen molar-refractivity contribution in [3.05, 3.63) is 23.3 Å². The van der Waals surface area contributed by atoms with Gasteiger partial charge in [-0.05, 0) is 51.5 Å². The fourth-order valence-corrected chi connectivity index (χ4v) is 3.26. The van der Waals surface area contributed by atoms with Gasteiger partial charge in [0.1, 0.15) is 0 Å². The molecule has 0 amide bonds. The summed E-state index contributed by atoms with van der Waals surface area (Å²) in [6, 6.07) is 0. The highest BCUT2D eigenvalue weighted by Gasteiger charge is 2.39. The third kappa shape index (κ3) is 2.95. The third-order valence-electron chi connectivity index (χ3n) is 4.74. The molecule has 108 valence electrons. The lowest BCUT2D eigenvalue weighted by molar-refractivity contribution is -0.121. The van der Waals surface area contributed by atoms with Gasteiger partial charge < -0.3 is 9.47 Å². The molecule has 0 bridgehead atoms. The van der Waals surface area contributed by atoms with E-state index in [1.165, 1.54) is 24.0 Å². The average Bonchev–Trinajstić information content (AvgIpc) is 2.65. The van der Waals surface area contributed by atoms with Crippen molar-refractivity contribution < 1.29 is 9.47 Å². The van der Waals surface area contributed by atoms with Crippen LogP contribution in [0.1, 0.15) is 54.4 Å². The minimum Gasteiger partial charge on any atom is -0.344 e. The molecule has 3 atom stereocenters. The molecule has 0 aromatic rings. The molecule has 0 aromatic carbocycles. The Labute approximate surface area is 117 Å². The maximum Gasteiger partial charge on any atom is 0.188 e. The first-order valence-corrected chi connectivity index (χ1v) is 7.42. The normalized spacial score (nSPS) is 39.3. The van der Waals surface area contributed by atoms with Crippen LogP contribution in [0.2, 0.25) is 0 Å². The van der Waals surface area contributed by atoms with Gasteiger partial charge in [-0.1, -0.05) is 31.6 Å². The maximum absolute atomic E-state index is 5.95. The predicted octanol–water partition coefficient (Wildman–Crippen LogP) is 4.47. The van der Waals surface area contributed by atoms with Crippen molar-refractivity contribution in [2.24, 2.45) is 11.3 Å². The van der Waals surface area contributed by atoms with E-state index < -0.39 is 5.79 Å². The van der Waals surface area contributed by atoms with Crippen molar-refractivity contribution in [2.75, 3.05) is 6.61 Å². The zero-order valence-electron chi connectivity index (χ0n) is 13.2. The molecule has 1 saturated heterocycles. The van der Waals surface area contributed by atoms with Crippen LogP contribution in [0.15, 0.2) is 23.3 Å². The second-order valence-electron chi connectivity index (χ2n) is 6.99. The summed E-state index contributed by atoms with van der Waals surface area (Å²) in [5.41, 5.74) is 3.00. The Kier molecular flexibility index (Phi) is 3.95. The lowest BCUT2D eigenvalue weighted by atomic mass is 9.68. The molecule has 0 saturated carbocycles. The van der Waals surface area contributed by atoms with Crippen LogP contribution in [0.25, 0.3) is 0 Å². The second kappa shape index (κ2) is 5.06. The molecule has 1 aliphatic carbocycles. The van der Waals surface area contributed by atoms with E-state index in [1.54, 1.807) is 0 Å². The van der Waals surface area contributed by atoms with Crippen molar-refractivity contribution in [2.45, 2.75) is 66.3 Å². The minimum atomic E-state index is -0.535. The van der Waals surface area contributed by atoms with E-state index in [0.29, 0.717) is 17.9 Å². The Morgan fingerprint density at radius 3 is 2.58 bits per heavy atom. The Bertz CT molecular complexity index is 405. The molecule has 0 spiro atoms. The molecule has 0 N–H and O–H groups in total. The number of rotatable bonds is 2. The number of allylic oxidation sites excluding steroid dienone is 3. The van der Waals surface area contributed by atoms with E-state index in [-0.39, 0.29) is 6.10 Å². The molecule has 1 aliphatic heterocycles. The number of hydrogen-bond acceptors (Lipinski definition) is 2. The number of ether oxygens (including phenoxy) is 2. The minimum absolute atomic E-state index is 0.185. The van der Waals surface area contributed by atoms with Gasteiger partial charge in [0.25, 0.3) is 0 Å². The molecule has 1 fully saturated rings. The summed E-state index contributed by atoms with van der Waals surface area (Å²) < 4.78 is 11.8. The summed E-state index contributed by atoms with van der Waals surface area (Å²) in [5.74, 6) is -0.0473. The highest BCUT2D eigenvalue weighted by Crippen LogP contribution is 2.43. The Morgan fingerprint density at radius 1 is 1.37 bits per heavy atom. The Hall–Kier alpha value is -0.600. The monoisotopic (exact) mass is 264 g/mol. The third-order valence-corrected chi connectivity index (χ3v) is 4.74. The van der Waals surface area contributed by atoms with E-state index in [4.69, 9.17) is 9.47 Å². The van der Waals surface area contributed by atoms with Crippen LogP contribution in [0, 0.1) is 11.3 Å². The van der Waals surface area contributed by atoms with Gasteiger partial charge in [0.05, 0.1) is 12.7 Å². The van der Waals surface area contributed by atoms with E-state index in [2.05, 4.69) is 46.8 Å². The summed E-state index contributed by atoms with van der Waals surface area (Å²) in [4.78, 5) is 0. The van der Waals surface area contributed by atoms with Crippen molar-refractivity contribution in [3.8, 4) is 0 Å². The van der Waals surface area contributed by atoms with Crippen LogP contribution in [0.4, 0.5) is 0 Å². The highest BCUT2D eigenvalue weighted by molar-refractivity contribution is 5.24. The fourth-order valence-electron chi connectivity index (χ4n) is 3.26. The van der Waals surface area contributed by atoms with Crippen LogP contribution < -0.4 is 0 Å². The largest absolute Gasteiger partial charge is 0.344 e. The van der Waals surface area contributed by atoms with Crippen molar-refractivity contribution >= 4 is 0 Å². The van der Waals surface area contributed by atoms with Crippen molar-refractivity contribution in [1.82, 2.24) is 0 Å². The van der Waals surface area contributed by atoms with Crippen molar-refractivity contribution in [1.29, 1.82) is 0 Å². The molecule has 2 nitrogen and oxygen atoms in total. The van der Waals surface area contributed by atoms with E-state index in [9.17, 15) is 0 Å². The van der Waals surface area contributed by atoms with Crippen LogP contribution >= 0.6 is 0 Å². The molecule has 2 aliphatic rings. The average molecular weight is 264 g/mol. The Balaban J connectivity index is 2.24. The van der Waals surface area contributed by atoms with Crippen LogP contribution in [-0.2, 0) is 9.47 Å². The lowest BCUT2D eigenvalue weighted by Crippen LogP contribution is -2.31. The molecule has 0 radical (unpaired) electrons. The topological polar surface area (TPSA) is 18.5 Å². The standard InChI is InChI=1S/C17H28O2/c1-12-8-7-9-16(4,5)15(12)10-13(2)17(6)18-11-14(3)19-17/h8,10,14-15H,7,9,11H2,1-6H3. The summed E-state index contributed by atoms with van der Waals surface area (Å²) in [5, 5.41) is 0. The molecular formula is C17H28O2. The van der Waals surface area contributed by atoms with Crippen LogP contribution in [0.5, 0.6) is 0 Å². The van der Waals surface area contributed by atoms with E-state index in [1.807, 2.05) is 6.92 Å².